The normalized spacial score (nSPS) is 24.7. The lowest BCUT2D eigenvalue weighted by molar-refractivity contribution is -0.119. The van der Waals surface area contributed by atoms with Gasteiger partial charge in [0.05, 0.1) is 6.54 Å². The molecule has 2 fully saturated rings. The summed E-state index contributed by atoms with van der Waals surface area (Å²) in [6, 6.07) is 0.646. The minimum Gasteiger partial charge on any atom is -0.307 e. The Morgan fingerprint density at radius 3 is 2.42 bits per heavy atom. The third-order valence-electron chi connectivity index (χ3n) is 2.95. The van der Waals surface area contributed by atoms with E-state index in [1.807, 2.05) is 0 Å². The fourth-order valence-corrected chi connectivity index (χ4v) is 1.92. The van der Waals surface area contributed by atoms with Crippen LogP contribution in [-0.2, 0) is 4.79 Å². The van der Waals surface area contributed by atoms with Crippen molar-refractivity contribution in [3.05, 3.63) is 0 Å². The summed E-state index contributed by atoms with van der Waals surface area (Å²) < 4.78 is 0. The number of ketones is 1. The Balaban J connectivity index is 1.63. The molecule has 1 N–H and O–H groups in total. The lowest BCUT2D eigenvalue weighted by atomic mass is 10.2. The maximum atomic E-state index is 11.3. The van der Waals surface area contributed by atoms with Gasteiger partial charge in [0.1, 0.15) is 5.78 Å². The fourth-order valence-electron chi connectivity index (χ4n) is 1.92. The summed E-state index contributed by atoms with van der Waals surface area (Å²) in [7, 11) is 0. The topological polar surface area (TPSA) is 29.1 Å². The van der Waals surface area contributed by atoms with Crippen LogP contribution in [0.1, 0.15) is 38.5 Å². The summed E-state index contributed by atoms with van der Waals surface area (Å²) in [4.78, 5) is 11.3. The molecule has 0 aromatic carbocycles. The SMILES string of the molecule is O=C(CNC1CCCC1)C1CC1. The summed E-state index contributed by atoms with van der Waals surface area (Å²) in [5.41, 5.74) is 0. The number of hydrogen-bond donors (Lipinski definition) is 1. The van der Waals surface area contributed by atoms with Crippen molar-refractivity contribution in [1.82, 2.24) is 5.32 Å². The maximum absolute atomic E-state index is 11.3. The second-order valence-corrected chi connectivity index (χ2v) is 4.10. The average Bonchev–Trinajstić information content (AvgIpc) is 2.80. The van der Waals surface area contributed by atoms with Crippen molar-refractivity contribution >= 4 is 5.78 Å². The molecule has 0 amide bonds. The smallest absolute Gasteiger partial charge is 0.149 e. The summed E-state index contributed by atoms with van der Waals surface area (Å²) in [6.45, 7) is 0.634. The molecule has 0 aliphatic heterocycles. The molecule has 12 heavy (non-hydrogen) atoms. The highest BCUT2D eigenvalue weighted by Gasteiger charge is 2.29. The standard InChI is InChI=1S/C10H17NO/c12-10(8-5-6-8)7-11-9-3-1-2-4-9/h8-9,11H,1-7H2. The van der Waals surface area contributed by atoms with Gasteiger partial charge in [-0.3, -0.25) is 4.79 Å². The first kappa shape index (κ1) is 8.24. The number of hydrogen-bond acceptors (Lipinski definition) is 2. The van der Waals surface area contributed by atoms with Crippen LogP contribution in [0.2, 0.25) is 0 Å². The van der Waals surface area contributed by atoms with Crippen molar-refractivity contribution in [3.8, 4) is 0 Å². The van der Waals surface area contributed by atoms with Gasteiger partial charge in [0.2, 0.25) is 0 Å². The molecule has 0 aromatic rings. The van der Waals surface area contributed by atoms with E-state index in [1.165, 1.54) is 25.7 Å². The van der Waals surface area contributed by atoms with E-state index in [2.05, 4.69) is 5.32 Å². The van der Waals surface area contributed by atoms with Gasteiger partial charge < -0.3 is 5.32 Å². The van der Waals surface area contributed by atoms with Crippen molar-refractivity contribution in [3.63, 3.8) is 0 Å². The Kier molecular flexibility index (Phi) is 2.45. The Morgan fingerprint density at radius 2 is 1.83 bits per heavy atom. The van der Waals surface area contributed by atoms with Crippen molar-refractivity contribution in [1.29, 1.82) is 0 Å². The maximum Gasteiger partial charge on any atom is 0.149 e. The molecule has 0 aromatic heterocycles. The van der Waals surface area contributed by atoms with Crippen LogP contribution in [0.25, 0.3) is 0 Å². The van der Waals surface area contributed by atoms with Gasteiger partial charge in [-0.15, -0.1) is 0 Å². The zero-order chi connectivity index (χ0) is 8.39. The highest BCUT2D eigenvalue weighted by Crippen LogP contribution is 2.29. The highest BCUT2D eigenvalue weighted by molar-refractivity contribution is 5.84. The molecule has 2 saturated carbocycles. The van der Waals surface area contributed by atoms with Gasteiger partial charge in [-0.25, -0.2) is 0 Å². The van der Waals surface area contributed by atoms with Crippen LogP contribution in [-0.4, -0.2) is 18.4 Å². The molecule has 0 radical (unpaired) electrons. The van der Waals surface area contributed by atoms with Crippen molar-refractivity contribution in [2.45, 2.75) is 44.6 Å². The second kappa shape index (κ2) is 3.56. The average molecular weight is 167 g/mol. The van der Waals surface area contributed by atoms with Crippen molar-refractivity contribution in [2.75, 3.05) is 6.54 Å². The third kappa shape index (κ3) is 2.07. The second-order valence-electron chi connectivity index (χ2n) is 4.10. The molecule has 0 heterocycles. The van der Waals surface area contributed by atoms with E-state index in [0.29, 0.717) is 24.3 Å². The van der Waals surface area contributed by atoms with E-state index in [9.17, 15) is 4.79 Å². The predicted molar refractivity (Wildman–Crippen MR) is 48.0 cm³/mol. The summed E-state index contributed by atoms with van der Waals surface area (Å²) >= 11 is 0. The van der Waals surface area contributed by atoms with Crippen LogP contribution in [0.5, 0.6) is 0 Å². The Hall–Kier alpha value is -0.370. The van der Waals surface area contributed by atoms with E-state index >= 15 is 0 Å². The highest BCUT2D eigenvalue weighted by atomic mass is 16.1. The molecule has 0 spiro atoms. The van der Waals surface area contributed by atoms with Gasteiger partial charge >= 0.3 is 0 Å². The molecule has 0 saturated heterocycles. The largest absolute Gasteiger partial charge is 0.307 e. The number of nitrogens with one attached hydrogen (secondary N) is 1. The number of carbonyl (C=O) groups excluding carboxylic acids is 1. The lowest BCUT2D eigenvalue weighted by Gasteiger charge is -2.09. The minimum atomic E-state index is 0.430. The van der Waals surface area contributed by atoms with E-state index < -0.39 is 0 Å². The zero-order valence-electron chi connectivity index (χ0n) is 7.51. The van der Waals surface area contributed by atoms with Crippen LogP contribution in [0, 0.1) is 5.92 Å². The van der Waals surface area contributed by atoms with E-state index in [-0.39, 0.29) is 0 Å². The first-order valence-electron chi connectivity index (χ1n) is 5.12. The molecule has 2 nitrogen and oxygen atoms in total. The van der Waals surface area contributed by atoms with Crippen LogP contribution in [0.15, 0.2) is 0 Å². The quantitative estimate of drug-likeness (QED) is 0.687. The summed E-state index contributed by atoms with van der Waals surface area (Å²) in [5, 5.41) is 3.35. The third-order valence-corrected chi connectivity index (χ3v) is 2.95. The van der Waals surface area contributed by atoms with Crippen LogP contribution in [0.3, 0.4) is 0 Å². The monoisotopic (exact) mass is 167 g/mol. The van der Waals surface area contributed by atoms with Crippen LogP contribution >= 0.6 is 0 Å². The predicted octanol–water partition coefficient (Wildman–Crippen LogP) is 1.50. The number of carbonyl (C=O) groups is 1. The fraction of sp³-hybridized carbons (Fsp3) is 0.900. The summed E-state index contributed by atoms with van der Waals surface area (Å²) in [5.74, 6) is 0.876. The first-order valence-corrected chi connectivity index (χ1v) is 5.12. The number of rotatable bonds is 4. The van der Waals surface area contributed by atoms with E-state index in [4.69, 9.17) is 0 Å². The van der Waals surface area contributed by atoms with Gasteiger partial charge in [-0.2, -0.15) is 0 Å². The van der Waals surface area contributed by atoms with Gasteiger partial charge in [-0.1, -0.05) is 12.8 Å². The van der Waals surface area contributed by atoms with Gasteiger partial charge in [0, 0.05) is 12.0 Å². The lowest BCUT2D eigenvalue weighted by Crippen LogP contribution is -2.32. The van der Waals surface area contributed by atoms with Crippen molar-refractivity contribution < 1.29 is 4.79 Å². The molecule has 2 aliphatic carbocycles. The van der Waals surface area contributed by atoms with Gasteiger partial charge in [0.15, 0.2) is 0 Å². The molecule has 0 bridgehead atoms. The first-order chi connectivity index (χ1) is 5.86. The summed E-state index contributed by atoms with van der Waals surface area (Å²) in [6.07, 6.45) is 7.52. The molecule has 68 valence electrons. The number of Topliss-reactive ketones (excluding diaryl/α,β-unsaturated/α-hetero) is 1. The Morgan fingerprint density at radius 1 is 1.17 bits per heavy atom. The van der Waals surface area contributed by atoms with Gasteiger partial charge in [0.25, 0.3) is 0 Å². The Bertz CT molecular complexity index is 169. The van der Waals surface area contributed by atoms with Gasteiger partial charge in [-0.05, 0) is 25.7 Å². The van der Waals surface area contributed by atoms with Crippen LogP contribution in [0.4, 0.5) is 0 Å². The molecule has 2 aliphatic rings. The van der Waals surface area contributed by atoms with E-state index in [1.54, 1.807) is 0 Å². The molecule has 0 atom stereocenters. The molecular formula is C10H17NO. The van der Waals surface area contributed by atoms with Crippen molar-refractivity contribution in [2.24, 2.45) is 5.92 Å². The van der Waals surface area contributed by atoms with E-state index in [0.717, 1.165) is 12.8 Å². The Labute approximate surface area is 73.7 Å². The minimum absolute atomic E-state index is 0.430. The molecule has 0 unspecified atom stereocenters. The zero-order valence-corrected chi connectivity index (χ0v) is 7.51. The van der Waals surface area contributed by atoms with Crippen LogP contribution < -0.4 is 5.32 Å². The molecule has 2 rings (SSSR count). The molecule has 2 heteroatoms. The molecular weight excluding hydrogens is 150 g/mol.